The number of benzene rings is 2. The number of anilines is 2. The van der Waals surface area contributed by atoms with Gasteiger partial charge in [-0.2, -0.15) is 18.3 Å². The summed E-state index contributed by atoms with van der Waals surface area (Å²) >= 11 is 0. The number of hydrogen-bond donors (Lipinski definition) is 1. The molecule has 1 saturated heterocycles. The average Bonchev–Trinajstić information content (AvgIpc) is 3.29. The van der Waals surface area contributed by atoms with Gasteiger partial charge in [-0.3, -0.25) is 0 Å². The molecule has 2 aromatic heterocycles. The van der Waals surface area contributed by atoms with E-state index in [0.29, 0.717) is 29.8 Å². The molecule has 8 nitrogen and oxygen atoms in total. The van der Waals surface area contributed by atoms with Crippen LogP contribution >= 0.6 is 0 Å². The third kappa shape index (κ3) is 6.50. The summed E-state index contributed by atoms with van der Waals surface area (Å²) in [6.07, 6.45) is -4.81. The highest BCUT2D eigenvalue weighted by Crippen LogP contribution is 2.38. The van der Waals surface area contributed by atoms with E-state index in [4.69, 9.17) is 9.47 Å². The van der Waals surface area contributed by atoms with Crippen LogP contribution in [0.3, 0.4) is 0 Å². The van der Waals surface area contributed by atoms with E-state index < -0.39 is 24.5 Å². The van der Waals surface area contributed by atoms with Crippen molar-refractivity contribution in [3.05, 3.63) is 66.1 Å². The van der Waals surface area contributed by atoms with Gasteiger partial charge in [-0.15, -0.1) is 13.2 Å². The third-order valence-electron chi connectivity index (χ3n) is 5.83. The summed E-state index contributed by atoms with van der Waals surface area (Å²) in [5, 5.41) is 6.59. The van der Waals surface area contributed by atoms with Crippen molar-refractivity contribution < 1.29 is 40.6 Å². The van der Waals surface area contributed by atoms with Crippen LogP contribution in [0.1, 0.15) is 36.7 Å². The number of rotatable bonds is 7. The predicted molar refractivity (Wildman–Crippen MR) is 126 cm³/mol. The highest BCUT2D eigenvalue weighted by atomic mass is 19.4. The fourth-order valence-electron chi connectivity index (χ4n) is 4.08. The molecule has 1 unspecified atom stereocenters. The average molecular weight is 553 g/mol. The van der Waals surface area contributed by atoms with Gasteiger partial charge in [0.2, 0.25) is 5.95 Å². The van der Waals surface area contributed by atoms with Crippen LogP contribution in [0.2, 0.25) is 0 Å². The van der Waals surface area contributed by atoms with E-state index in [1.54, 1.807) is 6.07 Å². The lowest BCUT2D eigenvalue weighted by atomic mass is 10.1. The molecule has 5 rings (SSSR count). The maximum absolute atomic E-state index is 13.7. The summed E-state index contributed by atoms with van der Waals surface area (Å²) < 4.78 is 94.5. The Labute approximate surface area is 217 Å². The van der Waals surface area contributed by atoms with Crippen molar-refractivity contribution >= 4 is 22.5 Å². The van der Waals surface area contributed by atoms with E-state index in [2.05, 4.69) is 25.1 Å². The molecule has 206 valence electrons. The third-order valence-corrected chi connectivity index (χ3v) is 5.83. The second kappa shape index (κ2) is 10.6. The number of alkyl halides is 6. The van der Waals surface area contributed by atoms with Crippen molar-refractivity contribution in [1.29, 1.82) is 0 Å². The van der Waals surface area contributed by atoms with Crippen LogP contribution < -0.4 is 14.8 Å². The van der Waals surface area contributed by atoms with Crippen LogP contribution in [0, 0.1) is 0 Å². The van der Waals surface area contributed by atoms with Gasteiger partial charge in [0.05, 0.1) is 5.52 Å². The van der Waals surface area contributed by atoms with Crippen LogP contribution in [0.4, 0.5) is 38.0 Å². The number of fused-ring (bicyclic) bond motifs is 1. The van der Waals surface area contributed by atoms with Gasteiger partial charge in [0.15, 0.2) is 11.9 Å². The van der Waals surface area contributed by atoms with Gasteiger partial charge in [-0.05, 0) is 61.7 Å². The highest BCUT2D eigenvalue weighted by molar-refractivity contribution is 5.84. The quantitative estimate of drug-likeness (QED) is 0.253. The summed E-state index contributed by atoms with van der Waals surface area (Å²) in [5.41, 5.74) is 0.269. The second-order valence-electron chi connectivity index (χ2n) is 8.69. The lowest BCUT2D eigenvalue weighted by Gasteiger charge is -2.23. The largest absolute Gasteiger partial charge is 0.573 e. The van der Waals surface area contributed by atoms with E-state index >= 15 is 0 Å². The van der Waals surface area contributed by atoms with Crippen LogP contribution in [0.5, 0.6) is 11.5 Å². The molecule has 0 aliphatic carbocycles. The monoisotopic (exact) mass is 553 g/mol. The smallest absolute Gasteiger partial charge is 0.489 e. The first kappa shape index (κ1) is 26.5. The molecule has 1 aliphatic rings. The van der Waals surface area contributed by atoms with Crippen molar-refractivity contribution in [3.8, 4) is 11.5 Å². The number of aromatic nitrogens is 4. The summed E-state index contributed by atoms with van der Waals surface area (Å²) in [5.74, 6) is 0.0222. The predicted octanol–water partition coefficient (Wildman–Crippen LogP) is 6.77. The van der Waals surface area contributed by atoms with Gasteiger partial charge < -0.3 is 19.5 Å². The molecule has 1 aliphatic heterocycles. The lowest BCUT2D eigenvalue weighted by Crippen LogP contribution is -2.19. The minimum absolute atomic E-state index is 0.0174. The minimum Gasteiger partial charge on any atom is -0.489 e. The van der Waals surface area contributed by atoms with Gasteiger partial charge in [0, 0.05) is 35.6 Å². The topological polar surface area (TPSA) is 83.3 Å². The molecule has 14 heteroatoms. The Hall–Kier alpha value is -4.07. The molecular formula is C25H21F6N5O3. The van der Waals surface area contributed by atoms with Crippen molar-refractivity contribution in [2.45, 2.75) is 44.6 Å². The van der Waals surface area contributed by atoms with E-state index in [1.807, 2.05) is 0 Å². The van der Waals surface area contributed by atoms with Crippen LogP contribution in [0.25, 0.3) is 10.9 Å². The molecule has 1 N–H and O–H groups in total. The molecular weight excluding hydrogens is 532 g/mol. The zero-order valence-corrected chi connectivity index (χ0v) is 20.1. The second-order valence-corrected chi connectivity index (χ2v) is 8.69. The zero-order valence-electron chi connectivity index (χ0n) is 20.1. The van der Waals surface area contributed by atoms with Gasteiger partial charge in [-0.25, -0.2) is 14.6 Å². The Balaban J connectivity index is 1.25. The first-order valence-electron chi connectivity index (χ1n) is 11.8. The van der Waals surface area contributed by atoms with E-state index in [9.17, 15) is 26.3 Å². The maximum Gasteiger partial charge on any atom is 0.573 e. The van der Waals surface area contributed by atoms with Gasteiger partial charge in [-0.1, -0.05) is 0 Å². The lowest BCUT2D eigenvalue weighted by molar-refractivity contribution is -0.274. The summed E-state index contributed by atoms with van der Waals surface area (Å²) in [6, 6.07) is 9.42. The van der Waals surface area contributed by atoms with Gasteiger partial charge in [0.25, 0.3) is 0 Å². The number of nitrogens with one attached hydrogen (secondary N) is 1. The van der Waals surface area contributed by atoms with Crippen molar-refractivity contribution in [1.82, 2.24) is 19.7 Å². The maximum atomic E-state index is 13.7. The number of ether oxygens (including phenoxy) is 3. The van der Waals surface area contributed by atoms with Crippen LogP contribution in [0.15, 0.2) is 54.9 Å². The number of hydrogen-bond acceptors (Lipinski definition) is 7. The first-order valence-corrected chi connectivity index (χ1v) is 11.8. The fraction of sp³-hybridized carbons (Fsp3) is 0.320. The molecule has 3 heterocycles. The Kier molecular flexibility index (Phi) is 7.21. The zero-order chi connectivity index (χ0) is 27.6. The Morgan fingerprint density at radius 1 is 0.949 bits per heavy atom. The van der Waals surface area contributed by atoms with Crippen molar-refractivity contribution in [3.63, 3.8) is 0 Å². The van der Waals surface area contributed by atoms with Crippen LogP contribution in [-0.4, -0.2) is 32.7 Å². The molecule has 0 spiro atoms. The van der Waals surface area contributed by atoms with E-state index in [0.717, 1.165) is 25.0 Å². The fourth-order valence-corrected chi connectivity index (χ4v) is 4.08. The molecule has 0 radical (unpaired) electrons. The summed E-state index contributed by atoms with van der Waals surface area (Å²) in [4.78, 5) is 8.26. The highest BCUT2D eigenvalue weighted by Gasteiger charge is 2.38. The van der Waals surface area contributed by atoms with Gasteiger partial charge >= 0.3 is 12.5 Å². The SMILES string of the molecule is FC(F)(F)Oc1ccc(Nc2ncc(COc3ccc4c(c3)c(C(F)(F)F)nn4C3CCCCO3)cn2)cc1. The van der Waals surface area contributed by atoms with Crippen molar-refractivity contribution in [2.75, 3.05) is 11.9 Å². The summed E-state index contributed by atoms with van der Waals surface area (Å²) in [7, 11) is 0. The Bertz CT molecular complexity index is 1420. The molecule has 39 heavy (non-hydrogen) atoms. The summed E-state index contributed by atoms with van der Waals surface area (Å²) in [6.45, 7) is 0.449. The molecule has 1 atom stereocenters. The molecule has 2 aromatic carbocycles. The normalized spacial score (nSPS) is 16.3. The van der Waals surface area contributed by atoms with Crippen molar-refractivity contribution in [2.24, 2.45) is 0 Å². The Morgan fingerprint density at radius 3 is 2.31 bits per heavy atom. The molecule has 0 saturated carbocycles. The molecule has 1 fully saturated rings. The Morgan fingerprint density at radius 2 is 1.67 bits per heavy atom. The first-order chi connectivity index (χ1) is 18.5. The number of halogens is 6. The van der Waals surface area contributed by atoms with E-state index in [1.165, 1.54) is 41.3 Å². The van der Waals surface area contributed by atoms with Gasteiger partial charge in [0.1, 0.15) is 18.1 Å². The minimum atomic E-state index is -4.78. The molecule has 0 amide bonds. The molecule has 4 aromatic rings. The molecule has 0 bridgehead atoms. The van der Waals surface area contributed by atoms with Crippen LogP contribution in [-0.2, 0) is 17.5 Å². The number of nitrogens with zero attached hydrogens (tertiary/aromatic N) is 4. The van der Waals surface area contributed by atoms with E-state index in [-0.39, 0.29) is 29.4 Å². The standard InChI is InChI=1S/C25H21F6N5O3/c26-24(27,28)22-19-11-18(8-9-20(19)36(35-22)21-3-1-2-10-37-21)38-14-15-12-32-23(33-13-15)34-16-4-6-17(7-5-16)39-25(29,30)31/h4-9,11-13,21H,1-3,10,14H2,(H,32,33,34).